The van der Waals surface area contributed by atoms with E-state index in [1.165, 1.54) is 0 Å². The van der Waals surface area contributed by atoms with E-state index in [9.17, 15) is 5.11 Å². The number of benzene rings is 1. The van der Waals surface area contributed by atoms with Gasteiger partial charge in [-0.15, -0.1) is 12.4 Å². The molecule has 0 saturated carbocycles. The molecule has 8 heteroatoms. The number of aliphatic hydroxyl groups excluding tert-OH is 1. The molecule has 7 nitrogen and oxygen atoms in total. The molecule has 20 heavy (non-hydrogen) atoms. The third kappa shape index (κ3) is 3.46. The SMILES string of the molecule is Cl.Nc1[nH]nc(C(CCO)Nc2cccc(O)c2)c1N. The zero-order valence-electron chi connectivity index (χ0n) is 10.7. The Morgan fingerprint density at radius 2 is 2.10 bits per heavy atom. The number of aromatic hydroxyl groups is 1. The number of nitrogens with two attached hydrogens (primary N) is 2. The molecule has 8 N–H and O–H groups in total. The van der Waals surface area contributed by atoms with E-state index >= 15 is 0 Å². The summed E-state index contributed by atoms with van der Waals surface area (Å²) >= 11 is 0. The first kappa shape index (κ1) is 15.9. The summed E-state index contributed by atoms with van der Waals surface area (Å²) in [6.45, 7) is -0.0251. The molecule has 1 unspecified atom stereocenters. The highest BCUT2D eigenvalue weighted by molar-refractivity contribution is 5.85. The Balaban J connectivity index is 0.00000200. The Hall–Kier alpha value is -2.12. The van der Waals surface area contributed by atoms with Crippen LogP contribution < -0.4 is 16.8 Å². The summed E-state index contributed by atoms with van der Waals surface area (Å²) in [6, 6.07) is 6.39. The van der Waals surface area contributed by atoms with Crippen LogP contribution in [0.15, 0.2) is 24.3 Å². The molecule has 0 bridgehead atoms. The Bertz CT molecular complexity index is 561. The van der Waals surface area contributed by atoms with Crippen LogP contribution >= 0.6 is 12.4 Å². The Morgan fingerprint density at radius 3 is 2.65 bits per heavy atom. The number of halogens is 1. The third-order valence-corrected chi connectivity index (χ3v) is 2.80. The predicted molar refractivity (Wildman–Crippen MR) is 80.8 cm³/mol. The van der Waals surface area contributed by atoms with Crippen LogP contribution in [0.1, 0.15) is 18.2 Å². The highest BCUT2D eigenvalue weighted by Gasteiger charge is 2.19. The van der Waals surface area contributed by atoms with Crippen molar-refractivity contribution < 1.29 is 10.2 Å². The second-order valence-corrected chi connectivity index (χ2v) is 4.20. The number of aromatic amines is 1. The van der Waals surface area contributed by atoms with Gasteiger partial charge in [0.1, 0.15) is 17.3 Å². The van der Waals surface area contributed by atoms with Crippen molar-refractivity contribution in [2.45, 2.75) is 12.5 Å². The quantitative estimate of drug-likeness (QED) is 0.492. The van der Waals surface area contributed by atoms with Gasteiger partial charge in [0.05, 0.1) is 11.7 Å². The van der Waals surface area contributed by atoms with Crippen LogP contribution in [0, 0.1) is 0 Å². The zero-order chi connectivity index (χ0) is 13.8. The molecule has 0 aliphatic carbocycles. The minimum atomic E-state index is -0.291. The van der Waals surface area contributed by atoms with Gasteiger partial charge in [-0.25, -0.2) is 0 Å². The summed E-state index contributed by atoms with van der Waals surface area (Å²) < 4.78 is 0. The van der Waals surface area contributed by atoms with E-state index in [0.717, 1.165) is 0 Å². The smallest absolute Gasteiger partial charge is 0.142 e. The van der Waals surface area contributed by atoms with E-state index in [0.29, 0.717) is 29.3 Å². The molecule has 0 amide bonds. The summed E-state index contributed by atoms with van der Waals surface area (Å²) in [6.07, 6.45) is 0.421. The summed E-state index contributed by atoms with van der Waals surface area (Å²) in [4.78, 5) is 0. The summed E-state index contributed by atoms with van der Waals surface area (Å²) in [5.41, 5.74) is 13.1. The Labute approximate surface area is 122 Å². The van der Waals surface area contributed by atoms with Crippen LogP contribution in [0.3, 0.4) is 0 Å². The monoisotopic (exact) mass is 299 g/mol. The number of hydrogen-bond donors (Lipinski definition) is 6. The highest BCUT2D eigenvalue weighted by atomic mass is 35.5. The number of phenolic OH excluding ortho intramolecular Hbond substituents is 1. The van der Waals surface area contributed by atoms with Crippen LogP contribution in [-0.2, 0) is 0 Å². The van der Waals surface area contributed by atoms with Gasteiger partial charge in [0, 0.05) is 18.4 Å². The number of hydrogen-bond acceptors (Lipinski definition) is 6. The summed E-state index contributed by atoms with van der Waals surface area (Å²) in [5.74, 6) is 0.456. The standard InChI is InChI=1S/C12H17N5O2.ClH/c13-10-11(16-17-12(10)14)9(4-5-18)15-7-2-1-3-8(19)6-7;/h1-3,6,9,15,18-19H,4-5,13H2,(H3,14,16,17);1H. The average Bonchev–Trinajstić information content (AvgIpc) is 2.70. The van der Waals surface area contributed by atoms with Gasteiger partial charge < -0.3 is 27.0 Å². The van der Waals surface area contributed by atoms with Gasteiger partial charge >= 0.3 is 0 Å². The van der Waals surface area contributed by atoms with Gasteiger partial charge in [0.15, 0.2) is 0 Å². The number of nitrogens with zero attached hydrogens (tertiary/aromatic N) is 1. The van der Waals surface area contributed by atoms with Crippen molar-refractivity contribution in [3.63, 3.8) is 0 Å². The predicted octanol–water partition coefficient (Wildman–Crippen LogP) is 1.24. The fourth-order valence-corrected chi connectivity index (χ4v) is 1.85. The van der Waals surface area contributed by atoms with E-state index in [1.807, 2.05) is 0 Å². The van der Waals surface area contributed by atoms with E-state index in [4.69, 9.17) is 16.6 Å². The molecule has 0 spiro atoms. The van der Waals surface area contributed by atoms with Gasteiger partial charge in [0.25, 0.3) is 0 Å². The lowest BCUT2D eigenvalue weighted by molar-refractivity contribution is 0.279. The largest absolute Gasteiger partial charge is 0.508 e. The fraction of sp³-hybridized carbons (Fsp3) is 0.250. The van der Waals surface area contributed by atoms with Crippen LogP contribution in [0.2, 0.25) is 0 Å². The third-order valence-electron chi connectivity index (χ3n) is 2.80. The Kier molecular flexibility index (Phi) is 5.48. The molecule has 1 atom stereocenters. The molecule has 1 aromatic carbocycles. The van der Waals surface area contributed by atoms with E-state index in [-0.39, 0.29) is 30.8 Å². The van der Waals surface area contributed by atoms with Crippen molar-refractivity contribution in [3.8, 4) is 5.75 Å². The topological polar surface area (TPSA) is 133 Å². The second-order valence-electron chi connectivity index (χ2n) is 4.20. The number of nitrogens with one attached hydrogen (secondary N) is 2. The van der Waals surface area contributed by atoms with E-state index in [2.05, 4.69) is 15.5 Å². The zero-order valence-corrected chi connectivity index (χ0v) is 11.5. The van der Waals surface area contributed by atoms with E-state index in [1.54, 1.807) is 24.3 Å². The number of H-pyrrole nitrogens is 1. The lowest BCUT2D eigenvalue weighted by atomic mass is 10.1. The van der Waals surface area contributed by atoms with Crippen molar-refractivity contribution in [2.24, 2.45) is 0 Å². The molecule has 0 aliphatic heterocycles. The van der Waals surface area contributed by atoms with Crippen LogP contribution in [0.4, 0.5) is 17.2 Å². The minimum absolute atomic E-state index is 0. The van der Waals surface area contributed by atoms with Crippen LogP contribution in [0.5, 0.6) is 5.75 Å². The molecular weight excluding hydrogens is 282 g/mol. The van der Waals surface area contributed by atoms with Gasteiger partial charge in [0.2, 0.25) is 0 Å². The number of rotatable bonds is 5. The maximum absolute atomic E-state index is 9.43. The van der Waals surface area contributed by atoms with Crippen molar-refractivity contribution in [2.75, 3.05) is 23.4 Å². The molecule has 1 heterocycles. The maximum atomic E-state index is 9.43. The summed E-state index contributed by atoms with van der Waals surface area (Å²) in [7, 11) is 0. The van der Waals surface area contributed by atoms with Gasteiger partial charge in [-0.2, -0.15) is 5.10 Å². The normalized spacial score (nSPS) is 11.7. The molecule has 1 aromatic heterocycles. The number of aliphatic hydroxyl groups is 1. The lowest BCUT2D eigenvalue weighted by Crippen LogP contribution is -2.14. The Morgan fingerprint density at radius 1 is 1.35 bits per heavy atom. The molecule has 0 fully saturated rings. The molecule has 2 rings (SSSR count). The molecule has 110 valence electrons. The van der Waals surface area contributed by atoms with Gasteiger partial charge in [-0.3, -0.25) is 5.10 Å². The van der Waals surface area contributed by atoms with Gasteiger partial charge in [-0.05, 0) is 18.6 Å². The number of phenols is 1. The summed E-state index contributed by atoms with van der Waals surface area (Å²) in [5, 5.41) is 28.4. The van der Waals surface area contributed by atoms with Gasteiger partial charge in [-0.1, -0.05) is 6.07 Å². The fourth-order valence-electron chi connectivity index (χ4n) is 1.85. The first-order chi connectivity index (χ1) is 9.11. The number of aromatic nitrogens is 2. The first-order valence-electron chi connectivity index (χ1n) is 5.87. The molecule has 0 radical (unpaired) electrons. The lowest BCUT2D eigenvalue weighted by Gasteiger charge is -2.18. The van der Waals surface area contributed by atoms with Crippen molar-refractivity contribution in [3.05, 3.63) is 30.0 Å². The first-order valence-corrected chi connectivity index (χ1v) is 5.87. The molecular formula is C12H18ClN5O2. The van der Waals surface area contributed by atoms with Crippen molar-refractivity contribution in [1.29, 1.82) is 0 Å². The van der Waals surface area contributed by atoms with E-state index < -0.39 is 0 Å². The maximum Gasteiger partial charge on any atom is 0.142 e. The van der Waals surface area contributed by atoms with Crippen molar-refractivity contribution >= 4 is 29.6 Å². The minimum Gasteiger partial charge on any atom is -0.508 e. The van der Waals surface area contributed by atoms with Crippen LogP contribution in [0.25, 0.3) is 0 Å². The average molecular weight is 300 g/mol. The van der Waals surface area contributed by atoms with Crippen molar-refractivity contribution in [1.82, 2.24) is 10.2 Å². The molecule has 0 aliphatic rings. The molecule has 0 saturated heterocycles. The molecule has 2 aromatic rings. The second kappa shape index (κ2) is 6.88. The number of anilines is 3. The number of nitrogen functional groups attached to an aromatic ring is 2. The highest BCUT2D eigenvalue weighted by Crippen LogP contribution is 2.29. The van der Waals surface area contributed by atoms with Crippen LogP contribution in [-0.4, -0.2) is 27.0 Å².